The molecule has 2 aromatic carbocycles. The lowest BCUT2D eigenvalue weighted by Crippen LogP contribution is -2.44. The average Bonchev–Trinajstić information content (AvgIpc) is 3.14. The SMILES string of the molecule is CCn1ccc2cc(-c3cc(CCC(=O)OC)ccc3O[Si](C)(C)C(C)(C)C)ccc21. The van der Waals surface area contributed by atoms with Gasteiger partial charge < -0.3 is 13.7 Å². The maximum atomic E-state index is 11.6. The summed E-state index contributed by atoms with van der Waals surface area (Å²) in [5.74, 6) is 0.730. The van der Waals surface area contributed by atoms with Gasteiger partial charge in [0.1, 0.15) is 5.75 Å². The molecule has 0 atom stereocenters. The summed E-state index contributed by atoms with van der Waals surface area (Å²) >= 11 is 0. The summed E-state index contributed by atoms with van der Waals surface area (Å²) in [5, 5.41) is 1.33. The van der Waals surface area contributed by atoms with Crippen LogP contribution in [-0.2, 0) is 22.5 Å². The summed E-state index contributed by atoms with van der Waals surface area (Å²) in [5.41, 5.74) is 4.56. The molecule has 0 unspecified atom stereocenters. The Morgan fingerprint density at radius 1 is 1.06 bits per heavy atom. The Balaban J connectivity index is 2.06. The Hall–Kier alpha value is -2.53. The molecule has 4 nitrogen and oxygen atoms in total. The van der Waals surface area contributed by atoms with Gasteiger partial charge in [0.25, 0.3) is 8.32 Å². The van der Waals surface area contributed by atoms with Crippen LogP contribution in [0.3, 0.4) is 0 Å². The van der Waals surface area contributed by atoms with Crippen LogP contribution in [0.2, 0.25) is 18.1 Å². The smallest absolute Gasteiger partial charge is 0.305 e. The predicted octanol–water partition coefficient (Wildman–Crippen LogP) is 6.82. The molecule has 166 valence electrons. The number of esters is 1. The van der Waals surface area contributed by atoms with E-state index in [1.807, 2.05) is 0 Å². The first kappa shape index (κ1) is 23.1. The third kappa shape index (κ3) is 5.04. The molecule has 0 spiro atoms. The summed E-state index contributed by atoms with van der Waals surface area (Å²) in [6.07, 6.45) is 3.15. The number of nitrogens with zero attached hydrogens (tertiary/aromatic N) is 1. The van der Waals surface area contributed by atoms with Gasteiger partial charge in [0.2, 0.25) is 0 Å². The van der Waals surface area contributed by atoms with Crippen LogP contribution in [-0.4, -0.2) is 26.0 Å². The number of hydrogen-bond donors (Lipinski definition) is 0. The molecular formula is C26H35NO3Si. The standard InChI is InChI=1S/C26H35NO3Si/c1-8-27-16-15-21-18-20(11-12-23(21)27)22-17-19(10-14-25(28)29-5)9-13-24(22)30-31(6,7)26(2,3)4/h9,11-13,15-18H,8,10,14H2,1-7H3. The fraction of sp³-hybridized carbons (Fsp3) is 0.423. The Bertz CT molecular complexity index is 1080. The van der Waals surface area contributed by atoms with Crippen LogP contribution in [0.1, 0.15) is 39.7 Å². The van der Waals surface area contributed by atoms with Crippen molar-refractivity contribution in [1.29, 1.82) is 0 Å². The summed E-state index contributed by atoms with van der Waals surface area (Å²) in [4.78, 5) is 11.6. The van der Waals surface area contributed by atoms with Gasteiger partial charge in [-0.25, -0.2) is 0 Å². The van der Waals surface area contributed by atoms with Gasteiger partial charge in [-0.05, 0) is 72.9 Å². The second-order valence-corrected chi connectivity index (χ2v) is 14.4. The van der Waals surface area contributed by atoms with Crippen LogP contribution in [0.5, 0.6) is 5.75 Å². The van der Waals surface area contributed by atoms with E-state index in [2.05, 4.69) is 94.0 Å². The zero-order valence-corrected chi connectivity index (χ0v) is 20.9. The first-order valence-electron chi connectivity index (χ1n) is 11.0. The number of aromatic nitrogens is 1. The topological polar surface area (TPSA) is 40.5 Å². The Morgan fingerprint density at radius 2 is 1.81 bits per heavy atom. The minimum absolute atomic E-state index is 0.107. The Kier molecular flexibility index (Phi) is 6.65. The van der Waals surface area contributed by atoms with Crippen molar-refractivity contribution in [2.24, 2.45) is 0 Å². The van der Waals surface area contributed by atoms with Gasteiger partial charge in [-0.3, -0.25) is 4.79 Å². The van der Waals surface area contributed by atoms with E-state index >= 15 is 0 Å². The van der Waals surface area contributed by atoms with Crippen LogP contribution in [0.25, 0.3) is 22.0 Å². The van der Waals surface area contributed by atoms with E-state index in [9.17, 15) is 4.79 Å². The molecule has 0 saturated heterocycles. The van der Waals surface area contributed by atoms with E-state index in [-0.39, 0.29) is 11.0 Å². The van der Waals surface area contributed by atoms with Crippen molar-refractivity contribution in [3.05, 3.63) is 54.2 Å². The normalized spacial score (nSPS) is 12.2. The number of carbonyl (C=O) groups is 1. The van der Waals surface area contributed by atoms with E-state index in [0.29, 0.717) is 12.8 Å². The summed E-state index contributed by atoms with van der Waals surface area (Å²) in [6, 6.07) is 15.1. The van der Waals surface area contributed by atoms with Crippen molar-refractivity contribution in [2.45, 2.75) is 65.2 Å². The first-order valence-corrected chi connectivity index (χ1v) is 13.9. The summed E-state index contributed by atoms with van der Waals surface area (Å²) in [6.45, 7) is 14.4. The highest BCUT2D eigenvalue weighted by molar-refractivity contribution is 6.74. The lowest BCUT2D eigenvalue weighted by molar-refractivity contribution is -0.140. The number of fused-ring (bicyclic) bond motifs is 1. The van der Waals surface area contributed by atoms with Gasteiger partial charge in [-0.1, -0.05) is 32.9 Å². The van der Waals surface area contributed by atoms with Crippen molar-refractivity contribution >= 4 is 25.2 Å². The lowest BCUT2D eigenvalue weighted by Gasteiger charge is -2.37. The van der Waals surface area contributed by atoms with Gasteiger partial charge in [-0.2, -0.15) is 0 Å². The fourth-order valence-corrected chi connectivity index (χ4v) is 4.50. The summed E-state index contributed by atoms with van der Waals surface area (Å²) in [7, 11) is -0.571. The molecule has 1 aromatic heterocycles. The molecule has 0 aliphatic carbocycles. The molecule has 31 heavy (non-hydrogen) atoms. The van der Waals surface area contributed by atoms with Gasteiger partial charge in [-0.15, -0.1) is 0 Å². The lowest BCUT2D eigenvalue weighted by atomic mass is 9.99. The molecule has 0 radical (unpaired) electrons. The fourth-order valence-electron chi connectivity index (χ4n) is 3.47. The number of methoxy groups -OCH3 is 1. The van der Waals surface area contributed by atoms with Crippen molar-refractivity contribution < 1.29 is 14.0 Å². The molecule has 0 N–H and O–H groups in total. The highest BCUT2D eigenvalue weighted by Gasteiger charge is 2.39. The van der Waals surface area contributed by atoms with Crippen molar-refractivity contribution in [1.82, 2.24) is 4.57 Å². The molecule has 5 heteroatoms. The number of benzene rings is 2. The Morgan fingerprint density at radius 3 is 2.45 bits per heavy atom. The molecule has 3 aromatic rings. The zero-order valence-electron chi connectivity index (χ0n) is 19.9. The maximum Gasteiger partial charge on any atom is 0.305 e. The molecule has 0 amide bonds. The minimum Gasteiger partial charge on any atom is -0.543 e. The molecule has 0 aliphatic heterocycles. The largest absolute Gasteiger partial charge is 0.543 e. The molecule has 0 bridgehead atoms. The van der Waals surface area contributed by atoms with E-state index in [0.717, 1.165) is 29.0 Å². The number of ether oxygens (including phenoxy) is 1. The van der Waals surface area contributed by atoms with Crippen LogP contribution < -0.4 is 4.43 Å². The second-order valence-electron chi connectivity index (χ2n) is 9.64. The van der Waals surface area contributed by atoms with Crippen molar-refractivity contribution in [3.63, 3.8) is 0 Å². The Labute approximate surface area is 187 Å². The number of aryl methyl sites for hydroxylation is 2. The summed E-state index contributed by atoms with van der Waals surface area (Å²) < 4.78 is 13.8. The molecule has 3 rings (SSSR count). The molecule has 1 heterocycles. The highest BCUT2D eigenvalue weighted by atomic mass is 28.4. The third-order valence-corrected chi connectivity index (χ3v) is 10.8. The van der Waals surface area contributed by atoms with Crippen molar-refractivity contribution in [3.8, 4) is 16.9 Å². The van der Waals surface area contributed by atoms with Gasteiger partial charge in [0.05, 0.1) is 7.11 Å². The van der Waals surface area contributed by atoms with Crippen LogP contribution >= 0.6 is 0 Å². The number of hydrogen-bond acceptors (Lipinski definition) is 3. The molecule has 0 fully saturated rings. The van der Waals surface area contributed by atoms with Crippen LogP contribution in [0.15, 0.2) is 48.7 Å². The number of carbonyl (C=O) groups excluding carboxylic acids is 1. The monoisotopic (exact) mass is 437 g/mol. The highest BCUT2D eigenvalue weighted by Crippen LogP contribution is 2.41. The third-order valence-electron chi connectivity index (χ3n) is 6.48. The van der Waals surface area contributed by atoms with E-state index in [1.54, 1.807) is 0 Å². The average molecular weight is 438 g/mol. The van der Waals surface area contributed by atoms with Crippen molar-refractivity contribution in [2.75, 3.05) is 7.11 Å². The molecule has 0 saturated carbocycles. The van der Waals surface area contributed by atoms with Gasteiger partial charge >= 0.3 is 5.97 Å². The quantitative estimate of drug-likeness (QED) is 0.301. The van der Waals surface area contributed by atoms with E-state index < -0.39 is 8.32 Å². The van der Waals surface area contributed by atoms with Crippen LogP contribution in [0, 0.1) is 0 Å². The minimum atomic E-state index is -2.00. The van der Waals surface area contributed by atoms with E-state index in [4.69, 9.17) is 9.16 Å². The van der Waals surface area contributed by atoms with Crippen LogP contribution in [0.4, 0.5) is 0 Å². The zero-order chi connectivity index (χ0) is 22.8. The van der Waals surface area contributed by atoms with E-state index in [1.165, 1.54) is 18.0 Å². The van der Waals surface area contributed by atoms with Gasteiger partial charge in [0, 0.05) is 35.6 Å². The number of rotatable bonds is 7. The predicted molar refractivity (Wildman–Crippen MR) is 131 cm³/mol. The second kappa shape index (κ2) is 8.91. The molecular weight excluding hydrogens is 402 g/mol. The molecule has 0 aliphatic rings. The van der Waals surface area contributed by atoms with Gasteiger partial charge in [0.15, 0.2) is 0 Å². The maximum absolute atomic E-state index is 11.6. The first-order chi connectivity index (χ1) is 14.6.